The summed E-state index contributed by atoms with van der Waals surface area (Å²) >= 11 is 5.76. The van der Waals surface area contributed by atoms with Crippen molar-refractivity contribution in [3.63, 3.8) is 0 Å². The summed E-state index contributed by atoms with van der Waals surface area (Å²) in [5.74, 6) is 6.53. The lowest BCUT2D eigenvalue weighted by Gasteiger charge is -2.19. The number of carbonyl (C=O) groups is 1. The minimum absolute atomic E-state index is 0.413. The first-order chi connectivity index (χ1) is 9.40. The molecule has 3 nitrogen and oxygen atoms in total. The van der Waals surface area contributed by atoms with E-state index in [-0.39, 0.29) is 0 Å². The predicted octanol–water partition coefficient (Wildman–Crippen LogP) is 3.69. The van der Waals surface area contributed by atoms with Crippen LogP contribution in [0, 0.1) is 11.8 Å². The highest BCUT2D eigenvalue weighted by molar-refractivity contribution is 6.17. The molecular weight excluding hydrogens is 274 g/mol. The van der Waals surface area contributed by atoms with Crippen molar-refractivity contribution in [3.05, 3.63) is 35.4 Å². The van der Waals surface area contributed by atoms with Crippen molar-refractivity contribution in [1.82, 2.24) is 5.32 Å². The van der Waals surface area contributed by atoms with E-state index in [1.165, 1.54) is 0 Å². The fraction of sp³-hybridized carbons (Fsp3) is 0.438. The van der Waals surface area contributed by atoms with Gasteiger partial charge in [-0.25, -0.2) is 4.79 Å². The summed E-state index contributed by atoms with van der Waals surface area (Å²) in [4.78, 5) is 11.4. The van der Waals surface area contributed by atoms with E-state index < -0.39 is 11.7 Å². The lowest BCUT2D eigenvalue weighted by molar-refractivity contribution is 0.0529. The maximum absolute atomic E-state index is 11.4. The number of hydrogen-bond acceptors (Lipinski definition) is 2. The summed E-state index contributed by atoms with van der Waals surface area (Å²) < 4.78 is 5.12. The molecule has 4 heteroatoms. The van der Waals surface area contributed by atoms with Gasteiger partial charge in [0.05, 0.1) is 0 Å². The van der Waals surface area contributed by atoms with Crippen LogP contribution < -0.4 is 5.32 Å². The van der Waals surface area contributed by atoms with E-state index in [1.54, 1.807) is 0 Å². The van der Waals surface area contributed by atoms with E-state index in [9.17, 15) is 4.79 Å². The first kappa shape index (κ1) is 16.4. The molecule has 0 atom stereocenters. The molecule has 1 N–H and O–H groups in total. The number of amides is 1. The van der Waals surface area contributed by atoms with Gasteiger partial charge in [0.1, 0.15) is 5.60 Å². The molecular formula is C16H20ClNO2. The van der Waals surface area contributed by atoms with Crippen LogP contribution in [-0.2, 0) is 10.6 Å². The minimum atomic E-state index is -0.474. The number of alkyl carbamates (subject to hydrolysis) is 1. The van der Waals surface area contributed by atoms with Gasteiger partial charge < -0.3 is 10.1 Å². The Morgan fingerprint density at radius 3 is 2.80 bits per heavy atom. The van der Waals surface area contributed by atoms with Gasteiger partial charge in [0.2, 0.25) is 0 Å². The molecule has 1 aromatic carbocycles. The molecule has 1 amide bonds. The van der Waals surface area contributed by atoms with Crippen LogP contribution in [-0.4, -0.2) is 18.2 Å². The molecule has 0 spiro atoms. The number of alkyl halides is 1. The van der Waals surface area contributed by atoms with Gasteiger partial charge in [-0.1, -0.05) is 24.0 Å². The number of rotatable bonds is 3. The van der Waals surface area contributed by atoms with Crippen LogP contribution in [0.25, 0.3) is 0 Å². The highest BCUT2D eigenvalue weighted by Crippen LogP contribution is 2.07. The van der Waals surface area contributed by atoms with E-state index >= 15 is 0 Å². The van der Waals surface area contributed by atoms with Crippen molar-refractivity contribution < 1.29 is 9.53 Å². The lowest BCUT2D eigenvalue weighted by Crippen LogP contribution is -2.32. The molecule has 0 bridgehead atoms. The van der Waals surface area contributed by atoms with Crippen LogP contribution in [0.15, 0.2) is 24.3 Å². The number of halogens is 1. The van der Waals surface area contributed by atoms with Crippen LogP contribution in [0.4, 0.5) is 4.79 Å². The number of ether oxygens (including phenoxy) is 1. The first-order valence-corrected chi connectivity index (χ1v) is 7.05. The van der Waals surface area contributed by atoms with Gasteiger partial charge in [0.15, 0.2) is 0 Å². The topological polar surface area (TPSA) is 38.3 Å². The molecule has 0 unspecified atom stereocenters. The fourth-order valence-corrected chi connectivity index (χ4v) is 1.60. The molecule has 1 rings (SSSR count). The van der Waals surface area contributed by atoms with Gasteiger partial charge >= 0.3 is 6.09 Å². The average Bonchev–Trinajstić information content (AvgIpc) is 2.36. The Bertz CT molecular complexity index is 509. The highest BCUT2D eigenvalue weighted by Gasteiger charge is 2.15. The molecule has 0 radical (unpaired) electrons. The van der Waals surface area contributed by atoms with Crippen molar-refractivity contribution >= 4 is 17.7 Å². The van der Waals surface area contributed by atoms with Gasteiger partial charge in [-0.2, -0.15) is 0 Å². The van der Waals surface area contributed by atoms with Crippen molar-refractivity contribution in [3.8, 4) is 11.8 Å². The van der Waals surface area contributed by atoms with E-state index in [4.69, 9.17) is 16.3 Å². The van der Waals surface area contributed by atoms with Crippen LogP contribution in [0.1, 0.15) is 38.3 Å². The van der Waals surface area contributed by atoms with Crippen molar-refractivity contribution in [2.75, 3.05) is 6.54 Å². The smallest absolute Gasteiger partial charge is 0.407 e. The number of carbonyl (C=O) groups excluding carboxylic acids is 1. The Labute approximate surface area is 125 Å². The molecule has 0 heterocycles. The summed E-state index contributed by atoms with van der Waals surface area (Å²) in [6.07, 6.45) is 0.160. The average molecular weight is 294 g/mol. The van der Waals surface area contributed by atoms with E-state index in [1.807, 2.05) is 45.0 Å². The van der Waals surface area contributed by atoms with Crippen LogP contribution in [0.2, 0.25) is 0 Å². The third-order valence-electron chi connectivity index (χ3n) is 2.23. The summed E-state index contributed by atoms with van der Waals surface area (Å²) in [6.45, 7) is 5.96. The lowest BCUT2D eigenvalue weighted by atomic mass is 10.1. The third kappa shape index (κ3) is 7.06. The van der Waals surface area contributed by atoms with Gasteiger partial charge in [-0.3, -0.25) is 0 Å². The van der Waals surface area contributed by atoms with Gasteiger partial charge in [0.25, 0.3) is 0 Å². The minimum Gasteiger partial charge on any atom is -0.444 e. The third-order valence-corrected chi connectivity index (χ3v) is 2.54. The standard InChI is InChI=1S/C16H20ClNO2/c1-16(2,3)20-15(19)18-10-5-4-7-13-8-6-9-14(11-13)12-17/h6,8-9,11H,5,10,12H2,1-3H3,(H,18,19). The number of hydrogen-bond donors (Lipinski definition) is 1. The Morgan fingerprint density at radius 2 is 2.15 bits per heavy atom. The SMILES string of the molecule is CC(C)(C)OC(=O)NCCC#Cc1cccc(CCl)c1. The van der Waals surface area contributed by atoms with Gasteiger partial charge in [-0.15, -0.1) is 11.6 Å². The quantitative estimate of drug-likeness (QED) is 0.524. The van der Waals surface area contributed by atoms with Crippen molar-refractivity contribution in [2.24, 2.45) is 0 Å². The monoisotopic (exact) mass is 293 g/mol. The second kappa shape index (κ2) is 7.81. The molecule has 0 aliphatic rings. The summed E-state index contributed by atoms with van der Waals surface area (Å²) in [7, 11) is 0. The zero-order valence-electron chi connectivity index (χ0n) is 12.1. The highest BCUT2D eigenvalue weighted by atomic mass is 35.5. The number of nitrogens with one attached hydrogen (secondary N) is 1. The number of benzene rings is 1. The van der Waals surface area contributed by atoms with Crippen molar-refractivity contribution in [1.29, 1.82) is 0 Å². The predicted molar refractivity (Wildman–Crippen MR) is 81.7 cm³/mol. The molecule has 0 saturated carbocycles. The maximum Gasteiger partial charge on any atom is 0.407 e. The summed E-state index contributed by atoms with van der Waals surface area (Å²) in [5.41, 5.74) is 1.50. The van der Waals surface area contributed by atoms with E-state index in [2.05, 4.69) is 17.2 Å². The zero-order chi connectivity index (χ0) is 15.0. The van der Waals surface area contributed by atoms with Crippen LogP contribution in [0.3, 0.4) is 0 Å². The first-order valence-electron chi connectivity index (χ1n) is 6.51. The van der Waals surface area contributed by atoms with Gasteiger partial charge in [0, 0.05) is 24.4 Å². The van der Waals surface area contributed by atoms with E-state index in [0.717, 1.165) is 11.1 Å². The molecule has 0 fully saturated rings. The Kier molecular flexibility index (Phi) is 6.41. The van der Waals surface area contributed by atoms with Crippen LogP contribution in [0.5, 0.6) is 0 Å². The largest absolute Gasteiger partial charge is 0.444 e. The molecule has 108 valence electrons. The molecule has 0 aliphatic heterocycles. The van der Waals surface area contributed by atoms with Crippen molar-refractivity contribution in [2.45, 2.75) is 38.7 Å². The normalized spacial score (nSPS) is 10.4. The van der Waals surface area contributed by atoms with E-state index in [0.29, 0.717) is 18.8 Å². The molecule has 1 aromatic rings. The maximum atomic E-state index is 11.4. The molecule has 0 aromatic heterocycles. The van der Waals surface area contributed by atoms with Crippen LogP contribution >= 0.6 is 11.6 Å². The Morgan fingerprint density at radius 1 is 1.40 bits per heavy atom. The Balaban J connectivity index is 2.34. The second-order valence-corrected chi connectivity index (χ2v) is 5.58. The zero-order valence-corrected chi connectivity index (χ0v) is 12.9. The molecule has 20 heavy (non-hydrogen) atoms. The summed E-state index contributed by atoms with van der Waals surface area (Å²) in [6, 6.07) is 7.79. The molecule has 0 saturated heterocycles. The Hall–Kier alpha value is -1.66. The second-order valence-electron chi connectivity index (χ2n) is 5.31. The molecule has 0 aliphatic carbocycles. The summed E-state index contributed by atoms with van der Waals surface area (Å²) in [5, 5.41) is 2.66. The fourth-order valence-electron chi connectivity index (χ4n) is 1.44. The van der Waals surface area contributed by atoms with Gasteiger partial charge in [-0.05, 0) is 38.5 Å².